The van der Waals surface area contributed by atoms with Gasteiger partial charge in [0, 0.05) is 25.2 Å². The lowest BCUT2D eigenvalue weighted by atomic mass is 9.87. The molecule has 2 unspecified atom stereocenters. The molecule has 0 radical (unpaired) electrons. The zero-order chi connectivity index (χ0) is 12.4. The van der Waals surface area contributed by atoms with Crippen LogP contribution in [0.25, 0.3) is 0 Å². The van der Waals surface area contributed by atoms with Gasteiger partial charge in [0.25, 0.3) is 0 Å². The molecule has 1 N–H and O–H groups in total. The Kier molecular flexibility index (Phi) is 3.87. The van der Waals surface area contributed by atoms with Crippen LogP contribution in [0.4, 0.5) is 0 Å². The van der Waals surface area contributed by atoms with E-state index < -0.39 is 0 Å². The van der Waals surface area contributed by atoms with Crippen LogP contribution in [-0.2, 0) is 13.5 Å². The van der Waals surface area contributed by atoms with E-state index >= 15 is 0 Å². The fourth-order valence-electron chi connectivity index (χ4n) is 3.03. The van der Waals surface area contributed by atoms with E-state index in [9.17, 15) is 0 Å². The minimum Gasteiger partial charge on any atom is -0.313 e. The zero-order valence-electron chi connectivity index (χ0n) is 11.5. The van der Waals surface area contributed by atoms with Gasteiger partial charge in [0.2, 0.25) is 0 Å². The fourth-order valence-corrected chi connectivity index (χ4v) is 3.03. The van der Waals surface area contributed by atoms with Crippen molar-refractivity contribution < 1.29 is 0 Å². The molecule has 1 aliphatic rings. The molecule has 0 aliphatic carbocycles. The van der Waals surface area contributed by atoms with E-state index in [2.05, 4.69) is 37.4 Å². The molecule has 0 bridgehead atoms. The van der Waals surface area contributed by atoms with Gasteiger partial charge in [-0.15, -0.1) is 0 Å². The number of hydrogen-bond donors (Lipinski definition) is 1. The maximum Gasteiger partial charge on any atom is 0.0657 e. The molecule has 1 saturated heterocycles. The highest BCUT2D eigenvalue weighted by Gasteiger charge is 2.31. The van der Waals surface area contributed by atoms with Gasteiger partial charge in [-0.2, -0.15) is 5.10 Å². The quantitative estimate of drug-likeness (QED) is 0.869. The summed E-state index contributed by atoms with van der Waals surface area (Å²) in [7, 11) is 2.03. The molecular weight excluding hydrogens is 210 g/mol. The number of rotatable bonds is 4. The largest absolute Gasteiger partial charge is 0.313 e. The van der Waals surface area contributed by atoms with Crippen LogP contribution in [0, 0.1) is 5.92 Å². The molecule has 1 aromatic rings. The molecular formula is C14H25N3. The van der Waals surface area contributed by atoms with Crippen molar-refractivity contribution in [2.75, 3.05) is 6.54 Å². The highest BCUT2D eigenvalue weighted by atomic mass is 15.3. The number of nitrogens with one attached hydrogen (secondary N) is 1. The van der Waals surface area contributed by atoms with Crippen LogP contribution in [0.15, 0.2) is 6.20 Å². The topological polar surface area (TPSA) is 29.9 Å². The lowest BCUT2D eigenvalue weighted by Gasteiger charge is -2.21. The first-order chi connectivity index (χ1) is 8.11. The highest BCUT2D eigenvalue weighted by Crippen LogP contribution is 2.32. The number of hydrogen-bond acceptors (Lipinski definition) is 2. The van der Waals surface area contributed by atoms with Gasteiger partial charge in [0.15, 0.2) is 0 Å². The molecule has 2 atom stereocenters. The average Bonchev–Trinajstić information content (AvgIpc) is 2.83. The van der Waals surface area contributed by atoms with E-state index in [1.54, 1.807) is 0 Å². The first-order valence-corrected chi connectivity index (χ1v) is 6.87. The molecule has 1 aliphatic heterocycles. The summed E-state index contributed by atoms with van der Waals surface area (Å²) in [4.78, 5) is 0. The summed E-state index contributed by atoms with van der Waals surface area (Å²) < 4.78 is 1.97. The third-order valence-corrected chi connectivity index (χ3v) is 3.74. The van der Waals surface area contributed by atoms with Crippen molar-refractivity contribution >= 4 is 0 Å². The van der Waals surface area contributed by atoms with E-state index in [0.717, 1.165) is 18.9 Å². The van der Waals surface area contributed by atoms with Crippen molar-refractivity contribution in [2.24, 2.45) is 13.0 Å². The smallest absolute Gasteiger partial charge is 0.0657 e. The fraction of sp³-hybridized carbons (Fsp3) is 0.786. The first kappa shape index (κ1) is 12.6. The first-order valence-electron chi connectivity index (χ1n) is 6.87. The van der Waals surface area contributed by atoms with Crippen LogP contribution in [-0.4, -0.2) is 22.4 Å². The second-order valence-corrected chi connectivity index (χ2v) is 5.64. The van der Waals surface area contributed by atoms with Crippen molar-refractivity contribution in [2.45, 2.75) is 52.0 Å². The summed E-state index contributed by atoms with van der Waals surface area (Å²) in [6.45, 7) is 7.97. The van der Waals surface area contributed by atoms with Crippen molar-refractivity contribution in [3.8, 4) is 0 Å². The molecule has 0 spiro atoms. The summed E-state index contributed by atoms with van der Waals surface area (Å²) in [6.07, 6.45) is 5.80. The van der Waals surface area contributed by atoms with E-state index in [4.69, 9.17) is 0 Å². The van der Waals surface area contributed by atoms with Gasteiger partial charge in [-0.3, -0.25) is 4.68 Å². The summed E-state index contributed by atoms with van der Waals surface area (Å²) in [5.41, 5.74) is 2.76. The normalized spacial score (nSPS) is 24.8. The second-order valence-electron chi connectivity index (χ2n) is 5.64. The van der Waals surface area contributed by atoms with Crippen LogP contribution >= 0.6 is 0 Å². The van der Waals surface area contributed by atoms with Gasteiger partial charge in [-0.1, -0.05) is 20.8 Å². The van der Waals surface area contributed by atoms with Gasteiger partial charge >= 0.3 is 0 Å². The Labute approximate surface area is 105 Å². The molecule has 0 aromatic carbocycles. The lowest BCUT2D eigenvalue weighted by Crippen LogP contribution is -2.27. The summed E-state index contributed by atoms with van der Waals surface area (Å²) in [6, 6.07) is 0.643. The SMILES string of the molecule is CCc1nn(C)cc1C1CCNC1CC(C)C. The Hall–Kier alpha value is -0.830. The molecule has 1 fully saturated rings. The maximum absolute atomic E-state index is 4.58. The molecule has 96 valence electrons. The van der Waals surface area contributed by atoms with Crippen molar-refractivity contribution in [1.82, 2.24) is 15.1 Å². The Bertz CT molecular complexity index is 368. The lowest BCUT2D eigenvalue weighted by molar-refractivity contribution is 0.433. The van der Waals surface area contributed by atoms with Crippen molar-refractivity contribution in [3.63, 3.8) is 0 Å². The molecule has 0 amide bonds. The molecule has 2 rings (SSSR count). The maximum atomic E-state index is 4.58. The Morgan fingerprint density at radius 3 is 2.94 bits per heavy atom. The predicted octanol–water partition coefficient (Wildman–Crippen LogP) is 2.47. The molecule has 17 heavy (non-hydrogen) atoms. The third kappa shape index (κ3) is 2.71. The standard InChI is InChI=1S/C14H25N3/c1-5-13-12(9-17(4)16-13)11-6-7-15-14(11)8-10(2)3/h9-11,14-15H,5-8H2,1-4H3. The van der Waals surface area contributed by atoms with Crippen LogP contribution in [0.5, 0.6) is 0 Å². The Morgan fingerprint density at radius 1 is 1.53 bits per heavy atom. The van der Waals surface area contributed by atoms with Gasteiger partial charge in [0.1, 0.15) is 0 Å². The second kappa shape index (κ2) is 5.21. The predicted molar refractivity (Wildman–Crippen MR) is 71.2 cm³/mol. The minimum atomic E-state index is 0.643. The monoisotopic (exact) mass is 235 g/mol. The van der Waals surface area contributed by atoms with Crippen molar-refractivity contribution in [1.29, 1.82) is 0 Å². The number of nitrogens with zero attached hydrogens (tertiary/aromatic N) is 2. The van der Waals surface area contributed by atoms with Crippen LogP contribution in [0.3, 0.4) is 0 Å². The average molecular weight is 235 g/mol. The molecule has 3 heteroatoms. The van der Waals surface area contributed by atoms with Crippen LogP contribution in [0.1, 0.15) is 50.8 Å². The van der Waals surface area contributed by atoms with E-state index in [1.165, 1.54) is 24.1 Å². The van der Waals surface area contributed by atoms with Crippen LogP contribution in [0.2, 0.25) is 0 Å². The van der Waals surface area contributed by atoms with Gasteiger partial charge in [-0.05, 0) is 37.3 Å². The summed E-state index contributed by atoms with van der Waals surface area (Å²) in [5.74, 6) is 1.43. The Balaban J connectivity index is 2.19. The molecule has 0 saturated carbocycles. The molecule has 2 heterocycles. The molecule has 1 aromatic heterocycles. The van der Waals surface area contributed by atoms with Crippen LogP contribution < -0.4 is 5.32 Å². The zero-order valence-corrected chi connectivity index (χ0v) is 11.5. The van der Waals surface area contributed by atoms with E-state index in [0.29, 0.717) is 12.0 Å². The molecule has 3 nitrogen and oxygen atoms in total. The number of aryl methyl sites for hydroxylation is 2. The highest BCUT2D eigenvalue weighted by molar-refractivity contribution is 5.25. The van der Waals surface area contributed by atoms with Gasteiger partial charge in [-0.25, -0.2) is 0 Å². The number of aromatic nitrogens is 2. The Morgan fingerprint density at radius 2 is 2.29 bits per heavy atom. The minimum absolute atomic E-state index is 0.643. The van der Waals surface area contributed by atoms with E-state index in [1.807, 2.05) is 11.7 Å². The van der Waals surface area contributed by atoms with Gasteiger partial charge in [0.05, 0.1) is 5.69 Å². The third-order valence-electron chi connectivity index (χ3n) is 3.74. The summed E-state index contributed by atoms with van der Waals surface area (Å²) in [5, 5.41) is 8.24. The van der Waals surface area contributed by atoms with Crippen molar-refractivity contribution in [3.05, 3.63) is 17.5 Å². The van der Waals surface area contributed by atoms with Gasteiger partial charge < -0.3 is 5.32 Å². The van der Waals surface area contributed by atoms with E-state index in [-0.39, 0.29) is 0 Å². The summed E-state index contributed by atoms with van der Waals surface area (Å²) >= 11 is 0.